The fourth-order valence-corrected chi connectivity index (χ4v) is 2.90. The molecule has 4 unspecified atom stereocenters. The molecular weight excluding hydrogens is 252 g/mol. The molecule has 6 N–H and O–H groups in total. The number of nitrogens with zero attached hydrogens (tertiary/aromatic N) is 2. The summed E-state index contributed by atoms with van der Waals surface area (Å²) in [7, 11) is 0. The van der Waals surface area contributed by atoms with E-state index in [-0.39, 0.29) is 18.8 Å². The van der Waals surface area contributed by atoms with E-state index in [4.69, 9.17) is 16.2 Å². The number of hydrogen-bond donors (Lipinski definition) is 4. The van der Waals surface area contributed by atoms with E-state index < -0.39 is 28.7 Å². The summed E-state index contributed by atoms with van der Waals surface area (Å²) in [6, 6.07) is 1.44. The smallest absolute Gasteiger partial charge is 0.351 e. The van der Waals surface area contributed by atoms with Gasteiger partial charge in [0, 0.05) is 12.6 Å². The van der Waals surface area contributed by atoms with Gasteiger partial charge < -0.3 is 26.4 Å². The summed E-state index contributed by atoms with van der Waals surface area (Å²) in [5.41, 5.74) is 7.29. The number of aliphatic hydroxyl groups excluding tert-OH is 1. The van der Waals surface area contributed by atoms with Crippen molar-refractivity contribution in [1.29, 1.82) is 0 Å². The molecule has 3 rings (SSSR count). The number of nitrogen functional groups attached to an aromatic ring is 1. The van der Waals surface area contributed by atoms with Gasteiger partial charge in [-0.15, -0.1) is 0 Å². The minimum atomic E-state index is -1.35. The van der Waals surface area contributed by atoms with Crippen LogP contribution in [0.2, 0.25) is 0 Å². The molecule has 19 heavy (non-hydrogen) atoms. The maximum absolute atomic E-state index is 11.8. The number of anilines is 1. The zero-order valence-electron chi connectivity index (χ0n) is 10.4. The Morgan fingerprint density at radius 2 is 2.37 bits per heavy atom. The van der Waals surface area contributed by atoms with Crippen LogP contribution in [0, 0.1) is 0 Å². The van der Waals surface area contributed by atoms with Crippen molar-refractivity contribution in [1.82, 2.24) is 9.55 Å². The highest BCUT2D eigenvalue weighted by Gasteiger charge is 2.83. The Balaban J connectivity index is 2.06. The summed E-state index contributed by atoms with van der Waals surface area (Å²) in [5.74, 6) is 0.0960. The highest BCUT2D eigenvalue weighted by Crippen LogP contribution is 2.65. The first kappa shape index (κ1) is 12.5. The van der Waals surface area contributed by atoms with Crippen LogP contribution in [-0.4, -0.2) is 43.1 Å². The standard InChI is InChI=1S/C11H16N4O4/c1-9(13)7(15-3-2-6(12)14-8(15)17)19-10(5-16)4-11(9,10)18/h2-3,7,16,18H,4-5,13H2,1H3,(H2,12,14,17). The lowest BCUT2D eigenvalue weighted by atomic mass is 9.91. The summed E-state index contributed by atoms with van der Waals surface area (Å²) in [4.78, 5) is 15.4. The first-order valence-electron chi connectivity index (χ1n) is 5.92. The number of ether oxygens (including phenoxy) is 1. The monoisotopic (exact) mass is 268 g/mol. The van der Waals surface area contributed by atoms with Gasteiger partial charge in [-0.25, -0.2) is 4.79 Å². The highest BCUT2D eigenvalue weighted by atomic mass is 16.6. The van der Waals surface area contributed by atoms with Crippen molar-refractivity contribution in [3.63, 3.8) is 0 Å². The molecule has 1 aliphatic heterocycles. The second-order valence-electron chi connectivity index (χ2n) is 5.48. The van der Waals surface area contributed by atoms with Crippen LogP contribution < -0.4 is 17.2 Å². The number of nitrogens with two attached hydrogens (primary N) is 2. The van der Waals surface area contributed by atoms with E-state index in [1.165, 1.54) is 16.8 Å². The van der Waals surface area contributed by atoms with E-state index in [1.54, 1.807) is 6.92 Å². The molecule has 8 nitrogen and oxygen atoms in total. The van der Waals surface area contributed by atoms with Gasteiger partial charge in [-0.2, -0.15) is 4.98 Å². The van der Waals surface area contributed by atoms with Crippen molar-refractivity contribution < 1.29 is 14.9 Å². The molecule has 2 fully saturated rings. The fourth-order valence-electron chi connectivity index (χ4n) is 2.90. The molecule has 1 aromatic heterocycles. The first-order valence-corrected chi connectivity index (χ1v) is 5.92. The summed E-state index contributed by atoms with van der Waals surface area (Å²) >= 11 is 0. The maximum atomic E-state index is 11.8. The van der Waals surface area contributed by atoms with Gasteiger partial charge in [-0.05, 0) is 13.0 Å². The van der Waals surface area contributed by atoms with Crippen molar-refractivity contribution >= 4 is 5.82 Å². The van der Waals surface area contributed by atoms with Crippen LogP contribution in [0.15, 0.2) is 17.1 Å². The molecule has 104 valence electrons. The van der Waals surface area contributed by atoms with E-state index in [1.807, 2.05) is 0 Å². The fraction of sp³-hybridized carbons (Fsp3) is 0.636. The van der Waals surface area contributed by atoms with Crippen LogP contribution in [0.3, 0.4) is 0 Å². The number of aromatic nitrogens is 2. The van der Waals surface area contributed by atoms with Gasteiger partial charge in [-0.3, -0.25) is 4.57 Å². The number of aliphatic hydroxyl groups is 2. The topological polar surface area (TPSA) is 137 Å². The molecule has 1 saturated heterocycles. The summed E-state index contributed by atoms with van der Waals surface area (Å²) in [6.07, 6.45) is 0.760. The highest BCUT2D eigenvalue weighted by molar-refractivity contribution is 5.34. The van der Waals surface area contributed by atoms with E-state index >= 15 is 0 Å². The average Bonchev–Trinajstić information content (AvgIpc) is 2.90. The largest absolute Gasteiger partial charge is 0.393 e. The molecule has 0 amide bonds. The molecule has 4 atom stereocenters. The lowest BCUT2D eigenvalue weighted by Gasteiger charge is -2.32. The third-order valence-electron chi connectivity index (χ3n) is 4.27. The Kier molecular flexibility index (Phi) is 2.21. The maximum Gasteiger partial charge on any atom is 0.351 e. The quantitative estimate of drug-likeness (QED) is 0.484. The van der Waals surface area contributed by atoms with Crippen LogP contribution >= 0.6 is 0 Å². The van der Waals surface area contributed by atoms with Crippen molar-refractivity contribution in [2.75, 3.05) is 12.3 Å². The van der Waals surface area contributed by atoms with Crippen molar-refractivity contribution in [3.8, 4) is 0 Å². The van der Waals surface area contributed by atoms with Gasteiger partial charge in [-0.1, -0.05) is 0 Å². The van der Waals surface area contributed by atoms with Crippen LogP contribution in [0.5, 0.6) is 0 Å². The van der Waals surface area contributed by atoms with Crippen LogP contribution in [0.1, 0.15) is 19.6 Å². The van der Waals surface area contributed by atoms with Crippen LogP contribution in [0.25, 0.3) is 0 Å². The predicted octanol–water partition coefficient (Wildman–Crippen LogP) is -2.06. The summed E-state index contributed by atoms with van der Waals surface area (Å²) < 4.78 is 6.83. The first-order chi connectivity index (χ1) is 8.77. The van der Waals surface area contributed by atoms with E-state index in [0.717, 1.165) is 0 Å². The van der Waals surface area contributed by atoms with Crippen LogP contribution in [0.4, 0.5) is 5.82 Å². The minimum Gasteiger partial charge on any atom is -0.393 e. The molecular formula is C11H16N4O4. The normalized spacial score (nSPS) is 44.1. The molecule has 0 aromatic carbocycles. The Bertz CT molecular complexity index is 601. The van der Waals surface area contributed by atoms with Crippen molar-refractivity contribution in [2.24, 2.45) is 5.73 Å². The molecule has 0 bridgehead atoms. The number of rotatable bonds is 2. The van der Waals surface area contributed by atoms with Gasteiger partial charge in [0.1, 0.15) is 17.0 Å². The second-order valence-corrected chi connectivity index (χ2v) is 5.48. The van der Waals surface area contributed by atoms with E-state index in [9.17, 15) is 15.0 Å². The summed E-state index contributed by atoms with van der Waals surface area (Å²) in [6.45, 7) is 1.23. The third-order valence-corrected chi connectivity index (χ3v) is 4.27. The molecule has 0 radical (unpaired) electrons. The molecule has 8 heteroatoms. The lowest BCUT2D eigenvalue weighted by Crippen LogP contribution is -2.55. The lowest BCUT2D eigenvalue weighted by molar-refractivity contribution is -0.0779. The molecule has 1 aromatic rings. The number of hydrogen-bond acceptors (Lipinski definition) is 7. The van der Waals surface area contributed by atoms with Gasteiger partial charge in [0.25, 0.3) is 0 Å². The number of fused-ring (bicyclic) bond motifs is 1. The predicted molar refractivity (Wildman–Crippen MR) is 65.0 cm³/mol. The Hall–Kier alpha value is -1.48. The molecule has 0 spiro atoms. The Morgan fingerprint density at radius 1 is 1.68 bits per heavy atom. The Morgan fingerprint density at radius 3 is 2.89 bits per heavy atom. The van der Waals surface area contributed by atoms with Crippen LogP contribution in [-0.2, 0) is 4.74 Å². The van der Waals surface area contributed by atoms with Gasteiger partial charge in [0.15, 0.2) is 6.23 Å². The van der Waals surface area contributed by atoms with Crippen molar-refractivity contribution in [2.45, 2.75) is 36.3 Å². The summed E-state index contributed by atoms with van der Waals surface area (Å²) in [5, 5.41) is 19.8. The second kappa shape index (κ2) is 3.34. The third kappa shape index (κ3) is 1.31. The van der Waals surface area contributed by atoms with Gasteiger partial charge >= 0.3 is 5.69 Å². The minimum absolute atomic E-state index is 0.0960. The van der Waals surface area contributed by atoms with E-state index in [2.05, 4.69) is 4.98 Å². The van der Waals surface area contributed by atoms with Gasteiger partial charge in [0.2, 0.25) is 0 Å². The molecule has 1 saturated carbocycles. The Labute approximate surface area is 108 Å². The SMILES string of the molecule is CC1(N)C(n2ccc(N)nc2=O)OC2(CO)CC21O. The van der Waals surface area contributed by atoms with E-state index in [0.29, 0.717) is 0 Å². The zero-order chi connectivity index (χ0) is 14.1. The average molecular weight is 268 g/mol. The zero-order valence-corrected chi connectivity index (χ0v) is 10.4. The molecule has 1 aliphatic carbocycles. The van der Waals surface area contributed by atoms with Gasteiger partial charge in [0.05, 0.1) is 12.1 Å². The molecule has 2 aliphatic rings. The molecule has 2 heterocycles. The van der Waals surface area contributed by atoms with Crippen molar-refractivity contribution in [3.05, 3.63) is 22.7 Å².